The van der Waals surface area contributed by atoms with E-state index in [0.717, 1.165) is 13.0 Å². The van der Waals surface area contributed by atoms with Gasteiger partial charge in [0.15, 0.2) is 0 Å². The molecule has 0 aromatic heterocycles. The van der Waals surface area contributed by atoms with Gasteiger partial charge in [0.1, 0.15) is 0 Å². The second-order valence-corrected chi connectivity index (χ2v) is 6.43. The van der Waals surface area contributed by atoms with Gasteiger partial charge in [-0.1, -0.05) is 20.8 Å². The molecule has 2 atom stereocenters. The van der Waals surface area contributed by atoms with Crippen molar-refractivity contribution in [2.24, 2.45) is 0 Å². The average molecular weight is 250 g/mol. The molecule has 0 amide bonds. The van der Waals surface area contributed by atoms with Gasteiger partial charge in [0.2, 0.25) is 10.0 Å². The van der Waals surface area contributed by atoms with Crippen LogP contribution >= 0.6 is 0 Å². The highest BCUT2D eigenvalue weighted by atomic mass is 32.2. The van der Waals surface area contributed by atoms with Crippen LogP contribution in [-0.2, 0) is 10.0 Å². The van der Waals surface area contributed by atoms with Crippen LogP contribution in [0.15, 0.2) is 0 Å². The van der Waals surface area contributed by atoms with E-state index >= 15 is 0 Å². The molecule has 98 valence electrons. The minimum atomic E-state index is -3.16. The van der Waals surface area contributed by atoms with Crippen LogP contribution in [0.2, 0.25) is 0 Å². The van der Waals surface area contributed by atoms with Crippen LogP contribution in [0, 0.1) is 0 Å². The summed E-state index contributed by atoms with van der Waals surface area (Å²) in [6, 6.07) is 0.0825. The summed E-state index contributed by atoms with van der Waals surface area (Å²) in [6.45, 7) is 11.5. The van der Waals surface area contributed by atoms with Crippen molar-refractivity contribution in [1.82, 2.24) is 9.62 Å². The van der Waals surface area contributed by atoms with Crippen LogP contribution in [0.4, 0.5) is 0 Å². The Morgan fingerprint density at radius 1 is 1.19 bits per heavy atom. The Balaban J connectivity index is 4.72. The van der Waals surface area contributed by atoms with E-state index in [1.807, 2.05) is 27.7 Å². The second-order valence-electron chi connectivity index (χ2n) is 4.12. The lowest BCUT2D eigenvalue weighted by Crippen LogP contribution is -2.45. The highest BCUT2D eigenvalue weighted by Crippen LogP contribution is 2.14. The third kappa shape index (κ3) is 4.03. The lowest BCUT2D eigenvalue weighted by atomic mass is 10.3. The average Bonchev–Trinajstić information content (AvgIpc) is 2.25. The van der Waals surface area contributed by atoms with Crippen molar-refractivity contribution in [3.8, 4) is 0 Å². The van der Waals surface area contributed by atoms with Gasteiger partial charge in [-0.2, -0.15) is 4.31 Å². The summed E-state index contributed by atoms with van der Waals surface area (Å²) >= 11 is 0. The summed E-state index contributed by atoms with van der Waals surface area (Å²) in [4.78, 5) is 0. The number of nitrogens with one attached hydrogen (secondary N) is 1. The van der Waals surface area contributed by atoms with E-state index in [9.17, 15) is 8.42 Å². The van der Waals surface area contributed by atoms with Crippen molar-refractivity contribution in [2.45, 2.75) is 52.3 Å². The zero-order chi connectivity index (χ0) is 12.8. The fourth-order valence-corrected chi connectivity index (χ4v) is 3.43. The molecular weight excluding hydrogens is 224 g/mol. The van der Waals surface area contributed by atoms with E-state index < -0.39 is 10.0 Å². The quantitative estimate of drug-likeness (QED) is 0.709. The van der Waals surface area contributed by atoms with E-state index in [-0.39, 0.29) is 11.3 Å². The standard InChI is InChI=1S/C11H26N2O2S/c1-6-10(4)13(8-3)16(14,15)11(5)9-12-7-2/h10-12H,6-9H2,1-5H3. The molecule has 0 saturated carbocycles. The van der Waals surface area contributed by atoms with Crippen molar-refractivity contribution in [3.05, 3.63) is 0 Å². The minimum Gasteiger partial charge on any atom is -0.316 e. The minimum absolute atomic E-state index is 0.0825. The summed E-state index contributed by atoms with van der Waals surface area (Å²) in [6.07, 6.45) is 0.848. The fraction of sp³-hybridized carbons (Fsp3) is 1.00. The summed E-state index contributed by atoms with van der Waals surface area (Å²) in [5.74, 6) is 0. The number of hydrogen-bond acceptors (Lipinski definition) is 3. The maximum atomic E-state index is 12.3. The van der Waals surface area contributed by atoms with E-state index in [2.05, 4.69) is 5.32 Å². The van der Waals surface area contributed by atoms with Gasteiger partial charge in [0.05, 0.1) is 5.25 Å². The van der Waals surface area contributed by atoms with Gasteiger partial charge in [-0.15, -0.1) is 0 Å². The smallest absolute Gasteiger partial charge is 0.218 e. The predicted octanol–water partition coefficient (Wildman–Crippen LogP) is 1.43. The fourth-order valence-electron chi connectivity index (χ4n) is 1.63. The molecule has 0 heterocycles. The monoisotopic (exact) mass is 250 g/mol. The van der Waals surface area contributed by atoms with E-state index in [4.69, 9.17) is 0 Å². The molecule has 16 heavy (non-hydrogen) atoms. The Labute approximate surface area is 100 Å². The first-order chi connectivity index (χ1) is 7.41. The summed E-state index contributed by atoms with van der Waals surface area (Å²) in [7, 11) is -3.16. The number of hydrogen-bond donors (Lipinski definition) is 1. The molecule has 0 spiro atoms. The van der Waals surface area contributed by atoms with Crippen LogP contribution in [0.1, 0.15) is 41.0 Å². The molecule has 1 N–H and O–H groups in total. The highest BCUT2D eigenvalue weighted by molar-refractivity contribution is 7.89. The Kier molecular flexibility index (Phi) is 7.19. The van der Waals surface area contributed by atoms with Gasteiger partial charge in [-0.3, -0.25) is 0 Å². The van der Waals surface area contributed by atoms with Gasteiger partial charge in [-0.05, 0) is 26.8 Å². The summed E-state index contributed by atoms with van der Waals surface area (Å²) < 4.78 is 26.1. The molecule has 0 aliphatic heterocycles. The molecule has 0 radical (unpaired) electrons. The molecule has 0 aromatic rings. The zero-order valence-corrected chi connectivity index (χ0v) is 12.0. The van der Waals surface area contributed by atoms with Gasteiger partial charge in [0.25, 0.3) is 0 Å². The van der Waals surface area contributed by atoms with E-state index in [1.54, 1.807) is 11.2 Å². The summed E-state index contributed by atoms with van der Waals surface area (Å²) in [5, 5.41) is 2.72. The van der Waals surface area contributed by atoms with Crippen LogP contribution in [0.3, 0.4) is 0 Å². The number of nitrogens with zero attached hydrogens (tertiary/aromatic N) is 1. The molecule has 0 fully saturated rings. The molecule has 2 unspecified atom stereocenters. The summed E-state index contributed by atoms with van der Waals surface area (Å²) in [5.41, 5.74) is 0. The van der Waals surface area contributed by atoms with Crippen molar-refractivity contribution in [2.75, 3.05) is 19.6 Å². The number of sulfonamides is 1. The topological polar surface area (TPSA) is 49.4 Å². The Morgan fingerprint density at radius 3 is 2.12 bits per heavy atom. The van der Waals surface area contributed by atoms with Gasteiger partial charge in [-0.25, -0.2) is 8.42 Å². The van der Waals surface area contributed by atoms with E-state index in [1.165, 1.54) is 0 Å². The van der Waals surface area contributed by atoms with Crippen molar-refractivity contribution < 1.29 is 8.42 Å². The molecule has 0 aromatic carbocycles. The third-order valence-electron chi connectivity index (χ3n) is 2.91. The normalized spacial score (nSPS) is 16.4. The maximum absolute atomic E-state index is 12.3. The Bertz CT molecular complexity index is 278. The maximum Gasteiger partial charge on any atom is 0.218 e. The molecule has 4 nitrogen and oxygen atoms in total. The third-order valence-corrected chi connectivity index (χ3v) is 5.37. The number of rotatable bonds is 8. The van der Waals surface area contributed by atoms with Crippen molar-refractivity contribution in [1.29, 1.82) is 0 Å². The molecule has 5 heteroatoms. The molecule has 0 aliphatic carbocycles. The van der Waals surface area contributed by atoms with Gasteiger partial charge < -0.3 is 5.32 Å². The highest BCUT2D eigenvalue weighted by Gasteiger charge is 2.29. The second kappa shape index (κ2) is 7.25. The first kappa shape index (κ1) is 15.9. The molecule has 0 rings (SSSR count). The van der Waals surface area contributed by atoms with Gasteiger partial charge in [0, 0.05) is 19.1 Å². The van der Waals surface area contributed by atoms with Crippen LogP contribution in [0.5, 0.6) is 0 Å². The molecular formula is C11H26N2O2S. The van der Waals surface area contributed by atoms with Crippen molar-refractivity contribution >= 4 is 10.0 Å². The van der Waals surface area contributed by atoms with Crippen LogP contribution in [-0.4, -0.2) is 43.6 Å². The SMILES string of the molecule is CCNCC(C)S(=O)(=O)N(CC)C(C)CC. The first-order valence-electron chi connectivity index (χ1n) is 6.13. The Hall–Kier alpha value is -0.130. The molecule has 0 bridgehead atoms. The van der Waals surface area contributed by atoms with Crippen LogP contribution < -0.4 is 5.32 Å². The largest absolute Gasteiger partial charge is 0.316 e. The predicted molar refractivity (Wildman–Crippen MR) is 69.1 cm³/mol. The Morgan fingerprint density at radius 2 is 1.75 bits per heavy atom. The van der Waals surface area contributed by atoms with Crippen molar-refractivity contribution in [3.63, 3.8) is 0 Å². The molecule has 0 saturated heterocycles. The van der Waals surface area contributed by atoms with Gasteiger partial charge >= 0.3 is 0 Å². The lowest BCUT2D eigenvalue weighted by molar-refractivity contribution is 0.338. The lowest BCUT2D eigenvalue weighted by Gasteiger charge is -2.29. The first-order valence-corrected chi connectivity index (χ1v) is 7.63. The zero-order valence-electron chi connectivity index (χ0n) is 11.2. The van der Waals surface area contributed by atoms with Crippen LogP contribution in [0.25, 0.3) is 0 Å². The van der Waals surface area contributed by atoms with E-state index in [0.29, 0.717) is 13.1 Å². The molecule has 0 aliphatic rings.